The summed E-state index contributed by atoms with van der Waals surface area (Å²) in [6.45, 7) is 6.44. The molecule has 5 heterocycles. The molecule has 0 bridgehead atoms. The zero-order valence-electron chi connectivity index (χ0n) is 23.0. The number of pyridine rings is 1. The minimum absolute atomic E-state index is 0.00922. The quantitative estimate of drug-likeness (QED) is 0.321. The molecule has 3 aromatic heterocycles. The van der Waals surface area contributed by atoms with Crippen LogP contribution in [0.4, 0.5) is 24.5 Å². The number of halogens is 3. The number of H-pyrrole nitrogens is 1. The fraction of sp³-hybridized carbons (Fsp3) is 0.345. The van der Waals surface area contributed by atoms with Gasteiger partial charge in [-0.1, -0.05) is 19.9 Å². The van der Waals surface area contributed by atoms with Gasteiger partial charge in [0.25, 0.3) is 0 Å². The van der Waals surface area contributed by atoms with Crippen molar-refractivity contribution in [2.45, 2.75) is 37.8 Å². The molecule has 1 saturated heterocycles. The third-order valence-corrected chi connectivity index (χ3v) is 8.21. The Morgan fingerprint density at radius 3 is 2.43 bits per heavy atom. The topological polar surface area (TPSA) is 112 Å². The molecule has 0 radical (unpaired) electrons. The molecule has 0 spiro atoms. The molecule has 0 amide bonds. The lowest BCUT2D eigenvalue weighted by molar-refractivity contribution is -0.207. The van der Waals surface area contributed by atoms with Crippen molar-refractivity contribution in [1.29, 1.82) is 0 Å². The van der Waals surface area contributed by atoms with Crippen molar-refractivity contribution >= 4 is 22.4 Å². The van der Waals surface area contributed by atoms with E-state index in [-0.39, 0.29) is 17.0 Å². The second kappa shape index (κ2) is 9.51. The van der Waals surface area contributed by atoms with Crippen LogP contribution in [0.3, 0.4) is 0 Å². The van der Waals surface area contributed by atoms with Gasteiger partial charge in [0.1, 0.15) is 17.3 Å². The molecular weight excluding hydrogens is 547 g/mol. The molecule has 5 aromatic rings. The third kappa shape index (κ3) is 4.10. The number of nitrogens with one attached hydrogen (secondary N) is 1. The first-order chi connectivity index (χ1) is 20.1. The lowest BCUT2D eigenvalue weighted by Crippen LogP contribution is -2.49. The maximum Gasteiger partial charge on any atom is 0.323 e. The van der Waals surface area contributed by atoms with Gasteiger partial charge in [-0.05, 0) is 52.9 Å². The Kier molecular flexibility index (Phi) is 5.98. The number of aromatic amines is 1. The fourth-order valence-corrected chi connectivity index (χ4v) is 5.82. The molecule has 2 aromatic carbocycles. The summed E-state index contributed by atoms with van der Waals surface area (Å²) in [7, 11) is 0. The maximum absolute atomic E-state index is 16.1. The first kappa shape index (κ1) is 26.4. The van der Waals surface area contributed by atoms with Gasteiger partial charge in [0.2, 0.25) is 0 Å². The Labute approximate surface area is 238 Å². The Bertz CT molecular complexity index is 1780. The number of anilines is 2. The van der Waals surface area contributed by atoms with Gasteiger partial charge in [0.05, 0.1) is 29.5 Å². The minimum atomic E-state index is -3.83. The van der Waals surface area contributed by atoms with E-state index in [0.717, 1.165) is 58.5 Å². The van der Waals surface area contributed by atoms with Crippen LogP contribution < -0.4 is 9.80 Å². The van der Waals surface area contributed by atoms with Crippen LogP contribution in [0.25, 0.3) is 22.4 Å². The normalized spacial score (nSPS) is 18.9. The van der Waals surface area contributed by atoms with Crippen LogP contribution in [-0.4, -0.2) is 66.4 Å². The van der Waals surface area contributed by atoms with Crippen molar-refractivity contribution < 1.29 is 18.3 Å². The van der Waals surface area contributed by atoms with Gasteiger partial charge in [-0.25, -0.2) is 14.1 Å². The SMILES string of the molecule is CC(C)c1nc2ccc(N3CCN(c4ccc(C(F)(F)[C@]5(O)Cn6nnnc6-c6cc(F)ccc65)nc4)CC3)cc2[nH]1. The van der Waals surface area contributed by atoms with Gasteiger partial charge in [-0.2, -0.15) is 8.78 Å². The number of aromatic nitrogens is 7. The molecule has 2 aliphatic rings. The number of alkyl halides is 2. The predicted octanol–water partition coefficient (Wildman–Crippen LogP) is 4.19. The molecule has 7 rings (SSSR count). The van der Waals surface area contributed by atoms with Crippen LogP contribution >= 0.6 is 0 Å². The first-order valence-electron chi connectivity index (χ1n) is 13.8. The Morgan fingerprint density at radius 2 is 1.71 bits per heavy atom. The molecule has 2 aliphatic heterocycles. The van der Waals surface area contributed by atoms with E-state index in [9.17, 15) is 9.50 Å². The van der Waals surface area contributed by atoms with Crippen LogP contribution in [-0.2, 0) is 18.1 Å². The Morgan fingerprint density at radius 1 is 0.976 bits per heavy atom. The summed E-state index contributed by atoms with van der Waals surface area (Å²) < 4.78 is 47.2. The molecule has 216 valence electrons. The van der Waals surface area contributed by atoms with Crippen molar-refractivity contribution in [3.8, 4) is 11.4 Å². The van der Waals surface area contributed by atoms with Gasteiger partial charge in [-0.15, -0.1) is 5.10 Å². The lowest BCUT2D eigenvalue weighted by Gasteiger charge is -2.39. The average molecular weight is 576 g/mol. The third-order valence-electron chi connectivity index (χ3n) is 8.21. The highest BCUT2D eigenvalue weighted by Crippen LogP contribution is 2.50. The van der Waals surface area contributed by atoms with Gasteiger partial charge in [-0.3, -0.25) is 4.98 Å². The number of fused-ring (bicyclic) bond motifs is 4. The average Bonchev–Trinajstić information content (AvgIpc) is 3.64. The minimum Gasteiger partial charge on any atom is -0.377 e. The molecule has 13 heteroatoms. The van der Waals surface area contributed by atoms with Gasteiger partial charge < -0.3 is 19.9 Å². The molecule has 1 fully saturated rings. The molecule has 10 nitrogen and oxygen atoms in total. The van der Waals surface area contributed by atoms with Gasteiger partial charge >= 0.3 is 5.92 Å². The van der Waals surface area contributed by atoms with E-state index in [2.05, 4.69) is 66.3 Å². The van der Waals surface area contributed by atoms with E-state index in [1.807, 2.05) is 6.07 Å². The molecule has 2 N–H and O–H groups in total. The van der Waals surface area contributed by atoms with Crippen molar-refractivity contribution in [2.24, 2.45) is 0 Å². The lowest BCUT2D eigenvalue weighted by atomic mass is 9.80. The summed E-state index contributed by atoms with van der Waals surface area (Å²) in [5.41, 5.74) is 0.250. The summed E-state index contributed by atoms with van der Waals surface area (Å²) in [5, 5.41) is 22.5. The number of rotatable bonds is 5. The number of piperazine rings is 1. The van der Waals surface area contributed by atoms with E-state index in [0.29, 0.717) is 24.7 Å². The smallest absolute Gasteiger partial charge is 0.323 e. The van der Waals surface area contributed by atoms with Crippen LogP contribution in [0.15, 0.2) is 54.7 Å². The second-order valence-electron chi connectivity index (χ2n) is 11.1. The van der Waals surface area contributed by atoms with Crippen molar-refractivity contribution in [3.05, 3.63) is 77.6 Å². The number of imidazole rings is 1. The number of aliphatic hydroxyl groups is 1. The largest absolute Gasteiger partial charge is 0.377 e. The van der Waals surface area contributed by atoms with Crippen LogP contribution in [0.1, 0.15) is 36.8 Å². The van der Waals surface area contributed by atoms with Crippen LogP contribution in [0.2, 0.25) is 0 Å². The molecule has 0 saturated carbocycles. The highest BCUT2D eigenvalue weighted by atomic mass is 19.3. The molecule has 0 aliphatic carbocycles. The van der Waals surface area contributed by atoms with Gasteiger partial charge in [0.15, 0.2) is 11.4 Å². The fourth-order valence-electron chi connectivity index (χ4n) is 5.82. The highest BCUT2D eigenvalue weighted by Gasteiger charge is 2.59. The zero-order valence-corrected chi connectivity index (χ0v) is 23.0. The van der Waals surface area contributed by atoms with E-state index in [1.54, 1.807) is 6.07 Å². The second-order valence-corrected chi connectivity index (χ2v) is 11.1. The predicted molar refractivity (Wildman–Crippen MR) is 150 cm³/mol. The highest BCUT2D eigenvalue weighted by molar-refractivity contribution is 5.80. The van der Waals surface area contributed by atoms with E-state index in [4.69, 9.17) is 0 Å². The first-order valence-corrected chi connectivity index (χ1v) is 13.8. The standard InChI is InChI=1S/C29H28F3N9O/c1-17(2)26-34-23-7-4-19(14-24(23)35-26)39-9-11-40(12-10-39)20-5-8-25(33-15-20)29(31,32)28(42)16-41-27(36-37-38-41)21-13-18(30)3-6-22(21)28/h3-8,13-15,17,42H,9-12,16H2,1-2H3,(H,34,35)/t28-/m0/s1. The number of tetrazole rings is 1. The number of hydrogen-bond donors (Lipinski definition) is 2. The zero-order chi connectivity index (χ0) is 29.2. The number of nitrogens with zero attached hydrogens (tertiary/aromatic N) is 8. The summed E-state index contributed by atoms with van der Waals surface area (Å²) in [6, 6.07) is 12.3. The van der Waals surface area contributed by atoms with E-state index in [1.165, 1.54) is 12.3 Å². The summed E-state index contributed by atoms with van der Waals surface area (Å²) in [5.74, 6) is -3.10. The monoisotopic (exact) mass is 575 g/mol. The summed E-state index contributed by atoms with van der Waals surface area (Å²) >= 11 is 0. The number of hydrogen-bond acceptors (Lipinski definition) is 8. The Balaban J connectivity index is 1.09. The Hall–Kier alpha value is -4.52. The van der Waals surface area contributed by atoms with Crippen molar-refractivity contribution in [1.82, 2.24) is 35.2 Å². The van der Waals surface area contributed by atoms with Crippen molar-refractivity contribution in [2.75, 3.05) is 36.0 Å². The molecule has 42 heavy (non-hydrogen) atoms. The molecule has 0 unspecified atom stereocenters. The van der Waals surface area contributed by atoms with Crippen LogP contribution in [0.5, 0.6) is 0 Å². The van der Waals surface area contributed by atoms with Crippen LogP contribution in [0, 0.1) is 5.82 Å². The molecular formula is C29H28F3N9O. The van der Waals surface area contributed by atoms with Gasteiger partial charge in [0, 0.05) is 48.9 Å². The summed E-state index contributed by atoms with van der Waals surface area (Å²) in [4.78, 5) is 16.5. The number of benzene rings is 2. The maximum atomic E-state index is 16.1. The summed E-state index contributed by atoms with van der Waals surface area (Å²) in [6.07, 6.45) is 1.41. The molecule has 1 atom stereocenters. The van der Waals surface area contributed by atoms with E-state index < -0.39 is 29.6 Å². The van der Waals surface area contributed by atoms with E-state index >= 15 is 8.78 Å². The van der Waals surface area contributed by atoms with Crippen molar-refractivity contribution in [3.63, 3.8) is 0 Å².